The van der Waals surface area contributed by atoms with Gasteiger partial charge in [0.2, 0.25) is 17.7 Å². The normalized spacial score (nSPS) is 35.9. The van der Waals surface area contributed by atoms with Crippen LogP contribution in [0.15, 0.2) is 0 Å². The molecule has 0 aromatic rings. The SMILES string of the molecule is CCNC(=O)CCCCCN1CC[C@@H](C(=O)NCCO[C@@H]2O[C@@H](C)[C@@H](O)[C@@H](O)[C@@H]2O)[C@@H](C(=O)NCCO[C@@H]2O[C@@H](C)[C@@H](O)[C@@H](O)[C@@H]2O)C1. The maximum absolute atomic E-state index is 13.4. The summed E-state index contributed by atoms with van der Waals surface area (Å²) < 4.78 is 21.9. The molecule has 0 bridgehead atoms. The summed E-state index contributed by atoms with van der Waals surface area (Å²) in [5.74, 6) is -2.01. The van der Waals surface area contributed by atoms with Gasteiger partial charge in [0.15, 0.2) is 12.6 Å². The van der Waals surface area contributed by atoms with Crippen molar-refractivity contribution < 1.29 is 64.0 Å². The highest BCUT2D eigenvalue weighted by Crippen LogP contribution is 2.26. The third-order valence-corrected chi connectivity index (χ3v) is 9.11. The molecule has 0 spiro atoms. The van der Waals surface area contributed by atoms with Crippen LogP contribution in [0, 0.1) is 11.8 Å². The number of aliphatic hydroxyl groups is 6. The van der Waals surface area contributed by atoms with Gasteiger partial charge in [0, 0.05) is 32.6 Å². The van der Waals surface area contributed by atoms with Crippen molar-refractivity contribution in [3.63, 3.8) is 0 Å². The summed E-state index contributed by atoms with van der Waals surface area (Å²) in [5, 5.41) is 68.4. The van der Waals surface area contributed by atoms with Gasteiger partial charge in [-0.3, -0.25) is 14.4 Å². The van der Waals surface area contributed by atoms with Crippen molar-refractivity contribution in [1.29, 1.82) is 0 Å². The summed E-state index contributed by atoms with van der Waals surface area (Å²) in [6.07, 6.45) is -8.92. The highest BCUT2D eigenvalue weighted by molar-refractivity contribution is 5.88. The highest BCUT2D eigenvalue weighted by Gasteiger charge is 2.44. The lowest BCUT2D eigenvalue weighted by Crippen LogP contribution is -2.57. The zero-order valence-electron chi connectivity index (χ0n) is 28.1. The monoisotopic (exact) mass is 692 g/mol. The van der Waals surface area contributed by atoms with Crippen LogP contribution in [-0.2, 0) is 33.3 Å². The molecular formula is C31H56N4O13. The Morgan fingerprint density at radius 2 is 1.23 bits per heavy atom. The Morgan fingerprint density at radius 1 is 0.708 bits per heavy atom. The topological polar surface area (TPSA) is 249 Å². The molecule has 0 aromatic heterocycles. The Bertz CT molecular complexity index is 1010. The summed E-state index contributed by atoms with van der Waals surface area (Å²) in [4.78, 5) is 40.5. The smallest absolute Gasteiger partial charge is 0.225 e. The molecule has 0 aliphatic carbocycles. The number of aliphatic hydroxyl groups excluding tert-OH is 6. The molecule has 9 N–H and O–H groups in total. The standard InChI is InChI=1S/C31H56N4O13/c1-4-32-21(36)8-6-5-7-12-35-13-9-19(28(43)33-10-14-45-30-26(41)24(39)22(37)17(2)47-30)20(16-35)29(44)34-11-15-46-31-27(42)25(40)23(38)18(3)48-31/h17-20,22-27,30-31,37-42H,4-16H2,1-3H3,(H,32,36)(H,33,43)(H,34,44)/t17-,18-,19+,20-,22+,23+,24+,25+,26-,27-,30+,31+/m0/s1. The van der Waals surface area contributed by atoms with E-state index in [9.17, 15) is 45.0 Å². The van der Waals surface area contributed by atoms with Crippen LogP contribution < -0.4 is 16.0 Å². The van der Waals surface area contributed by atoms with E-state index in [1.165, 1.54) is 13.8 Å². The zero-order valence-corrected chi connectivity index (χ0v) is 28.1. The Labute approximate surface area is 281 Å². The summed E-state index contributed by atoms with van der Waals surface area (Å²) in [7, 11) is 0. The Balaban J connectivity index is 1.50. The minimum absolute atomic E-state index is 0.0247. The van der Waals surface area contributed by atoms with Crippen LogP contribution in [0.2, 0.25) is 0 Å². The first-order valence-electron chi connectivity index (χ1n) is 17.0. The minimum Gasteiger partial charge on any atom is -0.388 e. The predicted octanol–water partition coefficient (Wildman–Crippen LogP) is -3.46. The van der Waals surface area contributed by atoms with E-state index in [0.29, 0.717) is 39.0 Å². The summed E-state index contributed by atoms with van der Waals surface area (Å²) >= 11 is 0. The number of piperidine rings is 1. The number of hydrogen-bond acceptors (Lipinski definition) is 14. The van der Waals surface area contributed by atoms with E-state index >= 15 is 0 Å². The van der Waals surface area contributed by atoms with Crippen molar-refractivity contribution in [3.05, 3.63) is 0 Å². The van der Waals surface area contributed by atoms with Crippen LogP contribution in [-0.4, -0.2) is 167 Å². The lowest BCUT2D eigenvalue weighted by atomic mass is 9.83. The van der Waals surface area contributed by atoms with Gasteiger partial charge in [-0.15, -0.1) is 0 Å². The third-order valence-electron chi connectivity index (χ3n) is 9.11. The number of unbranched alkanes of at least 4 members (excludes halogenated alkanes) is 2. The fourth-order valence-electron chi connectivity index (χ4n) is 6.15. The van der Waals surface area contributed by atoms with E-state index in [-0.39, 0.29) is 44.0 Å². The molecule has 278 valence electrons. The molecule has 3 rings (SSSR count). The van der Waals surface area contributed by atoms with Crippen molar-refractivity contribution in [2.45, 2.75) is 114 Å². The average Bonchev–Trinajstić information content (AvgIpc) is 3.07. The summed E-state index contributed by atoms with van der Waals surface area (Å²) in [5.41, 5.74) is 0. The van der Waals surface area contributed by atoms with E-state index in [0.717, 1.165) is 19.3 Å². The van der Waals surface area contributed by atoms with Crippen molar-refractivity contribution in [3.8, 4) is 0 Å². The molecule has 48 heavy (non-hydrogen) atoms. The molecule has 17 nitrogen and oxygen atoms in total. The molecule has 3 saturated heterocycles. The fourth-order valence-corrected chi connectivity index (χ4v) is 6.15. The van der Waals surface area contributed by atoms with E-state index in [1.54, 1.807) is 0 Å². The van der Waals surface area contributed by atoms with Gasteiger partial charge in [-0.1, -0.05) is 6.42 Å². The van der Waals surface area contributed by atoms with E-state index in [1.807, 2.05) is 6.92 Å². The quantitative estimate of drug-likeness (QED) is 0.0673. The fraction of sp³-hybridized carbons (Fsp3) is 0.903. The van der Waals surface area contributed by atoms with E-state index in [2.05, 4.69) is 20.9 Å². The van der Waals surface area contributed by atoms with E-state index < -0.39 is 73.2 Å². The van der Waals surface area contributed by atoms with Crippen LogP contribution in [0.4, 0.5) is 0 Å². The molecule has 17 heteroatoms. The second-order valence-corrected chi connectivity index (χ2v) is 12.8. The Morgan fingerprint density at radius 3 is 1.75 bits per heavy atom. The van der Waals surface area contributed by atoms with Crippen LogP contribution in [0.1, 0.15) is 52.9 Å². The molecule has 0 unspecified atom stereocenters. The van der Waals surface area contributed by atoms with Crippen molar-refractivity contribution in [2.75, 3.05) is 52.5 Å². The van der Waals surface area contributed by atoms with Gasteiger partial charge in [-0.05, 0) is 53.1 Å². The molecule has 3 aliphatic heterocycles. The minimum atomic E-state index is -1.47. The van der Waals surface area contributed by atoms with Crippen molar-refractivity contribution in [2.24, 2.45) is 11.8 Å². The second kappa shape index (κ2) is 20.0. The Kier molecular flexibility index (Phi) is 16.8. The number of carbonyl (C=O) groups excluding carboxylic acids is 3. The van der Waals surface area contributed by atoms with Gasteiger partial charge in [0.1, 0.15) is 36.6 Å². The highest BCUT2D eigenvalue weighted by atomic mass is 16.7. The maximum atomic E-state index is 13.4. The number of ether oxygens (including phenoxy) is 4. The van der Waals surface area contributed by atoms with Crippen LogP contribution in [0.5, 0.6) is 0 Å². The van der Waals surface area contributed by atoms with Crippen LogP contribution in [0.3, 0.4) is 0 Å². The second-order valence-electron chi connectivity index (χ2n) is 12.8. The van der Waals surface area contributed by atoms with Crippen molar-refractivity contribution in [1.82, 2.24) is 20.9 Å². The largest absolute Gasteiger partial charge is 0.388 e. The number of amides is 3. The molecule has 3 heterocycles. The van der Waals surface area contributed by atoms with Gasteiger partial charge in [-0.2, -0.15) is 0 Å². The molecular weight excluding hydrogens is 636 g/mol. The number of carbonyl (C=O) groups is 3. The predicted molar refractivity (Wildman–Crippen MR) is 168 cm³/mol. The first-order valence-corrected chi connectivity index (χ1v) is 17.0. The number of hydrogen-bond donors (Lipinski definition) is 9. The molecule has 3 amide bonds. The molecule has 0 radical (unpaired) electrons. The van der Waals surface area contributed by atoms with Gasteiger partial charge >= 0.3 is 0 Å². The number of likely N-dealkylation sites (tertiary alicyclic amines) is 1. The van der Waals surface area contributed by atoms with Gasteiger partial charge in [-0.25, -0.2) is 0 Å². The number of rotatable bonds is 17. The zero-order chi connectivity index (χ0) is 35.4. The molecule has 0 saturated carbocycles. The van der Waals surface area contributed by atoms with Gasteiger partial charge in [0.25, 0.3) is 0 Å². The Hall–Kier alpha value is -2.03. The van der Waals surface area contributed by atoms with E-state index in [4.69, 9.17) is 18.9 Å². The molecule has 3 fully saturated rings. The van der Waals surface area contributed by atoms with Gasteiger partial charge in [0.05, 0.1) is 37.3 Å². The molecule has 0 aromatic carbocycles. The average molecular weight is 693 g/mol. The van der Waals surface area contributed by atoms with Gasteiger partial charge < -0.3 is 70.4 Å². The van der Waals surface area contributed by atoms with Crippen LogP contribution >= 0.6 is 0 Å². The lowest BCUT2D eigenvalue weighted by Gasteiger charge is -2.39. The lowest BCUT2D eigenvalue weighted by molar-refractivity contribution is -0.292. The molecule has 12 atom stereocenters. The summed E-state index contributed by atoms with van der Waals surface area (Å²) in [6.45, 7) is 7.17. The van der Waals surface area contributed by atoms with Crippen LogP contribution in [0.25, 0.3) is 0 Å². The first-order chi connectivity index (χ1) is 22.8. The maximum Gasteiger partial charge on any atom is 0.225 e. The molecule has 3 aliphatic rings. The third kappa shape index (κ3) is 11.5. The number of nitrogens with one attached hydrogen (secondary N) is 3. The summed E-state index contributed by atoms with van der Waals surface area (Å²) in [6, 6.07) is 0. The number of nitrogens with zero attached hydrogens (tertiary/aromatic N) is 1. The van der Waals surface area contributed by atoms with Crippen molar-refractivity contribution >= 4 is 17.7 Å². The first kappa shape index (κ1) is 40.4.